The van der Waals surface area contributed by atoms with E-state index >= 15 is 0 Å². The predicted molar refractivity (Wildman–Crippen MR) is 90.8 cm³/mol. The zero-order valence-electron chi connectivity index (χ0n) is 12.8. The Labute approximate surface area is 133 Å². The zero-order valence-corrected chi connectivity index (χ0v) is 13.6. The van der Waals surface area contributed by atoms with Gasteiger partial charge in [-0.2, -0.15) is 5.10 Å². The molecule has 0 amide bonds. The van der Waals surface area contributed by atoms with Crippen LogP contribution in [-0.4, -0.2) is 14.8 Å². The van der Waals surface area contributed by atoms with Crippen LogP contribution in [0, 0.1) is 6.92 Å². The maximum Gasteiger partial charge on any atom is 0.188 e. The molecule has 0 radical (unpaired) electrons. The molecule has 0 atom stereocenters. The summed E-state index contributed by atoms with van der Waals surface area (Å²) in [6.07, 6.45) is 3.70. The number of hydrogen-bond acceptors (Lipinski definition) is 4. The van der Waals surface area contributed by atoms with Gasteiger partial charge in [-0.05, 0) is 43.4 Å². The van der Waals surface area contributed by atoms with E-state index in [0.29, 0.717) is 0 Å². The van der Waals surface area contributed by atoms with Crippen LogP contribution in [0.2, 0.25) is 0 Å². The van der Waals surface area contributed by atoms with Crippen molar-refractivity contribution in [3.63, 3.8) is 0 Å². The maximum absolute atomic E-state index is 4.72. The van der Waals surface area contributed by atoms with E-state index in [9.17, 15) is 0 Å². The van der Waals surface area contributed by atoms with E-state index in [4.69, 9.17) is 4.98 Å². The number of anilines is 2. The van der Waals surface area contributed by atoms with Crippen LogP contribution in [0.5, 0.6) is 0 Å². The first-order valence-corrected chi connectivity index (χ1v) is 8.42. The smallest absolute Gasteiger partial charge is 0.188 e. The third-order valence-corrected chi connectivity index (χ3v) is 4.89. The number of aryl methyl sites for hydroxylation is 4. The van der Waals surface area contributed by atoms with Crippen LogP contribution in [0.1, 0.15) is 23.2 Å². The number of rotatable bonds is 3. The number of nitrogens with one attached hydrogen (secondary N) is 1. The van der Waals surface area contributed by atoms with Gasteiger partial charge in [0.05, 0.1) is 11.4 Å². The molecule has 4 rings (SSSR count). The molecule has 0 unspecified atom stereocenters. The molecule has 0 saturated heterocycles. The second kappa shape index (κ2) is 5.25. The topological polar surface area (TPSA) is 42.7 Å². The minimum absolute atomic E-state index is 0.901. The largest absolute Gasteiger partial charge is 0.316 e. The van der Waals surface area contributed by atoms with E-state index in [1.165, 1.54) is 36.0 Å². The normalized spacial score (nSPS) is 13.4. The van der Waals surface area contributed by atoms with Crippen molar-refractivity contribution in [3.05, 3.63) is 46.5 Å². The summed E-state index contributed by atoms with van der Waals surface area (Å²) in [5.74, 6) is 0.965. The van der Waals surface area contributed by atoms with Gasteiger partial charge >= 0.3 is 0 Å². The molecule has 112 valence electrons. The third kappa shape index (κ3) is 2.41. The average Bonchev–Trinajstić information content (AvgIpc) is 3.19. The first-order valence-electron chi connectivity index (χ1n) is 7.54. The van der Waals surface area contributed by atoms with Gasteiger partial charge in [0.2, 0.25) is 0 Å². The molecule has 0 spiro atoms. The molecule has 2 aromatic heterocycles. The Bertz CT molecular complexity index is 831. The number of hydrogen-bond donors (Lipinski definition) is 1. The van der Waals surface area contributed by atoms with Gasteiger partial charge in [-0.3, -0.25) is 4.68 Å². The number of thiazole rings is 1. The molecular weight excluding hydrogens is 292 g/mol. The van der Waals surface area contributed by atoms with Crippen molar-refractivity contribution in [2.24, 2.45) is 7.05 Å². The van der Waals surface area contributed by atoms with Crippen LogP contribution in [0.15, 0.2) is 29.6 Å². The lowest BCUT2D eigenvalue weighted by molar-refractivity contribution is 0.765. The Morgan fingerprint density at radius 1 is 1.18 bits per heavy atom. The number of nitrogens with zero attached hydrogens (tertiary/aromatic N) is 3. The highest BCUT2D eigenvalue weighted by Gasteiger charge is 2.13. The van der Waals surface area contributed by atoms with Gasteiger partial charge in [0.25, 0.3) is 0 Å². The van der Waals surface area contributed by atoms with Gasteiger partial charge < -0.3 is 5.32 Å². The maximum atomic E-state index is 4.72. The van der Waals surface area contributed by atoms with Crippen molar-refractivity contribution in [2.75, 3.05) is 5.32 Å². The fourth-order valence-electron chi connectivity index (χ4n) is 3.03. The number of benzene rings is 1. The molecular formula is C17H18N4S. The zero-order chi connectivity index (χ0) is 15.1. The lowest BCUT2D eigenvalue weighted by Crippen LogP contribution is -1.98. The minimum Gasteiger partial charge on any atom is -0.316 e. The summed E-state index contributed by atoms with van der Waals surface area (Å²) in [4.78, 5) is 4.72. The van der Waals surface area contributed by atoms with Crippen LogP contribution in [0.3, 0.4) is 0 Å². The summed E-state index contributed by atoms with van der Waals surface area (Å²) in [6.45, 7) is 1.99. The Hall–Kier alpha value is -2.14. The molecule has 2 heterocycles. The molecule has 1 aliphatic carbocycles. The molecule has 0 bridgehead atoms. The third-order valence-electron chi connectivity index (χ3n) is 4.14. The van der Waals surface area contributed by atoms with Crippen LogP contribution in [0.4, 0.5) is 10.9 Å². The van der Waals surface area contributed by atoms with Gasteiger partial charge in [-0.1, -0.05) is 12.1 Å². The summed E-state index contributed by atoms with van der Waals surface area (Å²) in [5, 5.41) is 10.7. The van der Waals surface area contributed by atoms with E-state index in [1.807, 2.05) is 24.7 Å². The van der Waals surface area contributed by atoms with Gasteiger partial charge in [0.1, 0.15) is 5.82 Å². The van der Waals surface area contributed by atoms with E-state index in [-0.39, 0.29) is 0 Å². The predicted octanol–water partition coefficient (Wildman–Crippen LogP) is 4.08. The first kappa shape index (κ1) is 13.5. The Balaban J connectivity index is 1.60. The molecule has 5 heteroatoms. The van der Waals surface area contributed by atoms with Crippen LogP contribution < -0.4 is 5.32 Å². The van der Waals surface area contributed by atoms with Gasteiger partial charge in [0.15, 0.2) is 5.13 Å². The Morgan fingerprint density at radius 3 is 2.86 bits per heavy atom. The van der Waals surface area contributed by atoms with E-state index < -0.39 is 0 Å². The molecule has 0 saturated carbocycles. The minimum atomic E-state index is 0.901. The molecule has 0 aliphatic heterocycles. The van der Waals surface area contributed by atoms with Crippen LogP contribution in [0.25, 0.3) is 11.3 Å². The van der Waals surface area contributed by atoms with E-state index in [0.717, 1.165) is 22.3 Å². The molecule has 1 N–H and O–H groups in total. The molecule has 3 aromatic rings. The summed E-state index contributed by atoms with van der Waals surface area (Å²) in [7, 11) is 1.93. The fourth-order valence-corrected chi connectivity index (χ4v) is 3.76. The van der Waals surface area contributed by atoms with Gasteiger partial charge in [0, 0.05) is 24.1 Å². The van der Waals surface area contributed by atoms with Gasteiger partial charge in [-0.15, -0.1) is 11.3 Å². The second-order valence-corrected chi connectivity index (χ2v) is 6.65. The van der Waals surface area contributed by atoms with Crippen molar-refractivity contribution in [2.45, 2.75) is 26.2 Å². The monoisotopic (exact) mass is 310 g/mol. The molecule has 4 nitrogen and oxygen atoms in total. The average molecular weight is 310 g/mol. The van der Waals surface area contributed by atoms with Crippen molar-refractivity contribution >= 4 is 22.3 Å². The molecule has 1 aliphatic rings. The first-order chi connectivity index (χ1) is 10.7. The molecule has 1 aromatic carbocycles. The summed E-state index contributed by atoms with van der Waals surface area (Å²) >= 11 is 1.63. The Kier molecular flexibility index (Phi) is 3.22. The lowest BCUT2D eigenvalue weighted by atomic mass is 10.1. The number of aromatic nitrogens is 3. The van der Waals surface area contributed by atoms with Crippen molar-refractivity contribution in [1.29, 1.82) is 0 Å². The second-order valence-electron chi connectivity index (χ2n) is 5.79. The lowest BCUT2D eigenvalue weighted by Gasteiger charge is -2.03. The highest BCUT2D eigenvalue weighted by Crippen LogP contribution is 2.31. The van der Waals surface area contributed by atoms with Gasteiger partial charge in [-0.25, -0.2) is 4.98 Å². The SMILES string of the molecule is Cc1cc(Nc2nc(-c3ccc4c(c3)CCC4)cs2)n(C)n1. The Morgan fingerprint density at radius 2 is 2.05 bits per heavy atom. The number of fused-ring (bicyclic) bond motifs is 1. The van der Waals surface area contributed by atoms with Crippen LogP contribution in [-0.2, 0) is 19.9 Å². The summed E-state index contributed by atoms with van der Waals surface area (Å²) in [5.41, 5.74) is 6.25. The highest BCUT2D eigenvalue weighted by atomic mass is 32.1. The quantitative estimate of drug-likeness (QED) is 0.792. The fraction of sp³-hybridized carbons (Fsp3) is 0.294. The van der Waals surface area contributed by atoms with Crippen molar-refractivity contribution in [3.8, 4) is 11.3 Å². The standard InChI is InChI=1S/C17H18N4S/c1-11-8-16(21(2)20-11)19-17-18-15(10-22-17)14-7-6-12-4-3-5-13(12)9-14/h6-10H,3-5H2,1-2H3,(H,18,19). The molecule has 22 heavy (non-hydrogen) atoms. The summed E-state index contributed by atoms with van der Waals surface area (Å²) < 4.78 is 1.84. The van der Waals surface area contributed by atoms with Crippen molar-refractivity contribution < 1.29 is 0 Å². The van der Waals surface area contributed by atoms with Crippen molar-refractivity contribution in [1.82, 2.24) is 14.8 Å². The molecule has 0 fully saturated rings. The van der Waals surface area contributed by atoms with E-state index in [1.54, 1.807) is 11.3 Å². The summed E-state index contributed by atoms with van der Waals surface area (Å²) in [6, 6.07) is 8.78. The van der Waals surface area contributed by atoms with E-state index in [2.05, 4.69) is 34.0 Å². The van der Waals surface area contributed by atoms with Crippen LogP contribution >= 0.6 is 11.3 Å². The highest BCUT2D eigenvalue weighted by molar-refractivity contribution is 7.14.